The number of esters is 1. The highest BCUT2D eigenvalue weighted by Crippen LogP contribution is 2.32. The first-order valence-electron chi connectivity index (χ1n) is 11.7. The number of carbonyl (C=O) groups excluding carboxylic acids is 2. The van der Waals surface area contributed by atoms with Crippen LogP contribution in [-0.2, 0) is 27.4 Å². The predicted molar refractivity (Wildman–Crippen MR) is 127 cm³/mol. The lowest BCUT2D eigenvalue weighted by atomic mass is 9.84. The molecule has 1 fully saturated rings. The molecule has 0 unspecified atom stereocenters. The van der Waals surface area contributed by atoms with Gasteiger partial charge in [-0.1, -0.05) is 67.8 Å². The Hall–Kier alpha value is -2.88. The molecular formula is C28H34O4. The van der Waals surface area contributed by atoms with Gasteiger partial charge >= 0.3 is 5.97 Å². The highest BCUT2D eigenvalue weighted by molar-refractivity contribution is 5.82. The van der Waals surface area contributed by atoms with Gasteiger partial charge in [0, 0.05) is 18.9 Å². The zero-order valence-electron chi connectivity index (χ0n) is 19.1. The zero-order valence-corrected chi connectivity index (χ0v) is 19.1. The third-order valence-corrected chi connectivity index (χ3v) is 6.14. The van der Waals surface area contributed by atoms with E-state index in [1.165, 1.54) is 50.9 Å². The third-order valence-electron chi connectivity index (χ3n) is 6.14. The number of hydrogen-bond acceptors (Lipinski definition) is 4. The number of allylic oxidation sites excluding steroid dienone is 1. The molecule has 0 amide bonds. The van der Waals surface area contributed by atoms with Crippen LogP contribution in [0.15, 0.2) is 60.7 Å². The fourth-order valence-electron chi connectivity index (χ4n) is 4.23. The van der Waals surface area contributed by atoms with Crippen molar-refractivity contribution in [3.8, 4) is 5.75 Å². The van der Waals surface area contributed by atoms with Crippen LogP contribution in [0.2, 0.25) is 0 Å². The van der Waals surface area contributed by atoms with E-state index in [0.717, 1.165) is 16.9 Å². The van der Waals surface area contributed by atoms with Crippen LogP contribution in [-0.4, -0.2) is 18.9 Å². The van der Waals surface area contributed by atoms with E-state index in [4.69, 9.17) is 4.74 Å². The molecule has 0 aliphatic heterocycles. The SMILES string of the molecule is COC(=O)/C=C/CCC(=O)CCc1ccccc1OCc1ccc(C2CCCCC2)cc1. The summed E-state index contributed by atoms with van der Waals surface area (Å²) >= 11 is 0. The first kappa shape index (κ1) is 23.8. The maximum Gasteiger partial charge on any atom is 0.330 e. The van der Waals surface area contributed by atoms with Crippen molar-refractivity contribution in [3.63, 3.8) is 0 Å². The maximum absolute atomic E-state index is 12.2. The number of ketones is 1. The van der Waals surface area contributed by atoms with Gasteiger partial charge in [-0.25, -0.2) is 4.79 Å². The van der Waals surface area contributed by atoms with Gasteiger partial charge < -0.3 is 9.47 Å². The molecule has 1 saturated carbocycles. The van der Waals surface area contributed by atoms with Gasteiger partial charge in [-0.2, -0.15) is 0 Å². The van der Waals surface area contributed by atoms with Crippen molar-refractivity contribution >= 4 is 11.8 Å². The second kappa shape index (κ2) is 12.8. The van der Waals surface area contributed by atoms with Crippen molar-refractivity contribution in [2.45, 2.75) is 70.3 Å². The molecule has 0 radical (unpaired) electrons. The van der Waals surface area contributed by atoms with Gasteiger partial charge in [0.1, 0.15) is 18.1 Å². The second-order valence-corrected chi connectivity index (χ2v) is 8.48. The van der Waals surface area contributed by atoms with Crippen LogP contribution in [0.5, 0.6) is 5.75 Å². The van der Waals surface area contributed by atoms with E-state index in [1.54, 1.807) is 6.08 Å². The Labute approximate surface area is 191 Å². The summed E-state index contributed by atoms with van der Waals surface area (Å²) in [6, 6.07) is 16.8. The van der Waals surface area contributed by atoms with Crippen LogP contribution >= 0.6 is 0 Å². The summed E-state index contributed by atoms with van der Waals surface area (Å²) in [5.74, 6) is 1.33. The number of benzene rings is 2. The molecule has 4 nitrogen and oxygen atoms in total. The molecule has 0 aromatic heterocycles. The summed E-state index contributed by atoms with van der Waals surface area (Å²) in [7, 11) is 1.34. The molecule has 0 heterocycles. The largest absolute Gasteiger partial charge is 0.489 e. The topological polar surface area (TPSA) is 52.6 Å². The molecule has 170 valence electrons. The van der Waals surface area contributed by atoms with E-state index in [0.29, 0.717) is 38.2 Å². The molecule has 4 heteroatoms. The van der Waals surface area contributed by atoms with Gasteiger partial charge in [0.2, 0.25) is 0 Å². The zero-order chi connectivity index (χ0) is 22.6. The van der Waals surface area contributed by atoms with E-state index >= 15 is 0 Å². The fourth-order valence-corrected chi connectivity index (χ4v) is 4.23. The molecule has 32 heavy (non-hydrogen) atoms. The summed E-state index contributed by atoms with van der Waals surface area (Å²) < 4.78 is 10.6. The van der Waals surface area contributed by atoms with Crippen LogP contribution in [0.3, 0.4) is 0 Å². The van der Waals surface area contributed by atoms with Crippen molar-refractivity contribution < 1.29 is 19.1 Å². The van der Waals surface area contributed by atoms with Crippen LogP contribution < -0.4 is 4.74 Å². The number of methoxy groups -OCH3 is 1. The first-order valence-corrected chi connectivity index (χ1v) is 11.7. The summed E-state index contributed by atoms with van der Waals surface area (Å²) in [5.41, 5.74) is 3.66. The summed E-state index contributed by atoms with van der Waals surface area (Å²) in [4.78, 5) is 23.2. The smallest absolute Gasteiger partial charge is 0.330 e. The molecule has 1 aliphatic carbocycles. The molecule has 3 rings (SSSR count). The second-order valence-electron chi connectivity index (χ2n) is 8.48. The third kappa shape index (κ3) is 7.67. The van der Waals surface area contributed by atoms with E-state index in [-0.39, 0.29) is 5.78 Å². The van der Waals surface area contributed by atoms with E-state index in [9.17, 15) is 9.59 Å². The minimum Gasteiger partial charge on any atom is -0.489 e. The first-order chi connectivity index (χ1) is 15.7. The average Bonchev–Trinajstić information content (AvgIpc) is 2.85. The average molecular weight is 435 g/mol. The Bertz CT molecular complexity index is 892. The van der Waals surface area contributed by atoms with Gasteiger partial charge in [0.25, 0.3) is 0 Å². The monoisotopic (exact) mass is 434 g/mol. The summed E-state index contributed by atoms with van der Waals surface area (Å²) in [6.07, 6.45) is 11.8. The highest BCUT2D eigenvalue weighted by atomic mass is 16.5. The van der Waals surface area contributed by atoms with Gasteiger partial charge in [0.05, 0.1) is 7.11 Å². The van der Waals surface area contributed by atoms with Gasteiger partial charge in [-0.3, -0.25) is 4.79 Å². The minimum atomic E-state index is -0.396. The fraction of sp³-hybridized carbons (Fsp3) is 0.429. The van der Waals surface area contributed by atoms with Crippen LogP contribution in [0.4, 0.5) is 0 Å². The van der Waals surface area contributed by atoms with Crippen molar-refractivity contribution in [2.24, 2.45) is 0 Å². The molecule has 2 aromatic rings. The number of carbonyl (C=O) groups is 2. The molecule has 2 aromatic carbocycles. The number of hydrogen-bond donors (Lipinski definition) is 0. The van der Waals surface area contributed by atoms with Gasteiger partial charge in [-0.05, 0) is 54.4 Å². The lowest BCUT2D eigenvalue weighted by Crippen LogP contribution is -2.05. The summed E-state index contributed by atoms with van der Waals surface area (Å²) in [5, 5.41) is 0. The lowest BCUT2D eigenvalue weighted by Gasteiger charge is -2.22. The molecule has 0 N–H and O–H groups in total. The molecule has 0 saturated heterocycles. The quantitative estimate of drug-likeness (QED) is 0.306. The molecule has 0 spiro atoms. The van der Waals surface area contributed by atoms with Crippen LogP contribution in [0.1, 0.15) is 74.0 Å². The Balaban J connectivity index is 1.47. The Morgan fingerprint density at radius 3 is 2.47 bits per heavy atom. The predicted octanol–water partition coefficient (Wildman–Crippen LogP) is 6.32. The number of ether oxygens (including phenoxy) is 2. The Morgan fingerprint density at radius 1 is 0.969 bits per heavy atom. The molecule has 0 atom stereocenters. The molecule has 1 aliphatic rings. The number of Topliss-reactive ketones (excluding diaryl/α,β-unsaturated/α-hetero) is 1. The van der Waals surface area contributed by atoms with Crippen LogP contribution in [0.25, 0.3) is 0 Å². The molecule has 0 bridgehead atoms. The number of para-hydroxylation sites is 1. The van der Waals surface area contributed by atoms with E-state index < -0.39 is 5.97 Å². The summed E-state index contributed by atoms with van der Waals surface area (Å²) in [6.45, 7) is 0.522. The number of rotatable bonds is 11. The van der Waals surface area contributed by atoms with Gasteiger partial charge in [-0.15, -0.1) is 0 Å². The molecular weight excluding hydrogens is 400 g/mol. The van der Waals surface area contributed by atoms with Crippen LogP contribution in [0, 0.1) is 0 Å². The Morgan fingerprint density at radius 2 is 1.72 bits per heavy atom. The maximum atomic E-state index is 12.2. The Kier molecular flexibility index (Phi) is 9.55. The lowest BCUT2D eigenvalue weighted by molar-refractivity contribution is -0.134. The van der Waals surface area contributed by atoms with Crippen molar-refractivity contribution in [1.29, 1.82) is 0 Å². The van der Waals surface area contributed by atoms with E-state index in [1.807, 2.05) is 24.3 Å². The standard InChI is InChI=1S/C28H34O4/c1-31-28(30)14-8-6-12-26(29)20-19-25-11-5-7-13-27(25)32-21-22-15-17-24(18-16-22)23-9-3-2-4-10-23/h5,7-8,11,13-18,23H,2-4,6,9-10,12,19-21H2,1H3/b14-8+. The van der Waals surface area contributed by atoms with Gasteiger partial charge in [0.15, 0.2) is 0 Å². The normalized spacial score (nSPS) is 14.4. The van der Waals surface area contributed by atoms with Crippen molar-refractivity contribution in [3.05, 3.63) is 77.4 Å². The highest BCUT2D eigenvalue weighted by Gasteiger charge is 2.15. The minimum absolute atomic E-state index is 0.174. The number of aryl methyl sites for hydroxylation is 1. The van der Waals surface area contributed by atoms with E-state index in [2.05, 4.69) is 29.0 Å². The van der Waals surface area contributed by atoms with Crippen molar-refractivity contribution in [2.75, 3.05) is 7.11 Å². The van der Waals surface area contributed by atoms with Crippen molar-refractivity contribution in [1.82, 2.24) is 0 Å².